The third kappa shape index (κ3) is 2.99. The van der Waals surface area contributed by atoms with Crippen molar-refractivity contribution >= 4 is 17.2 Å². The highest BCUT2D eigenvalue weighted by Gasteiger charge is 2.32. The third-order valence-corrected chi connectivity index (χ3v) is 6.19. The van der Waals surface area contributed by atoms with Crippen LogP contribution in [0.25, 0.3) is 11.1 Å². The number of aliphatic imine (C=N–C) groups is 1. The molecule has 1 saturated carbocycles. The van der Waals surface area contributed by atoms with E-state index in [1.54, 1.807) is 17.2 Å². The van der Waals surface area contributed by atoms with Crippen LogP contribution in [0.5, 0.6) is 0 Å². The number of piperazine rings is 1. The standard InChI is InChI=1S/C22H22FN7/c1-28-12-14(11-26-28)16-8-17-19(9-18(16)23)27-22(17)20-10-21(25-13-24-20)30-6-4-29(5-7-30)15-2-3-15/h8-13,15H,2-7H2,1H3. The number of rotatable bonds is 4. The van der Waals surface area contributed by atoms with Crippen LogP contribution in [-0.4, -0.2) is 62.6 Å². The second-order valence-electron chi connectivity index (χ2n) is 8.23. The second-order valence-corrected chi connectivity index (χ2v) is 8.23. The number of aromatic nitrogens is 4. The van der Waals surface area contributed by atoms with Gasteiger partial charge in [0.25, 0.3) is 0 Å². The van der Waals surface area contributed by atoms with Gasteiger partial charge in [0.2, 0.25) is 0 Å². The van der Waals surface area contributed by atoms with Gasteiger partial charge in [-0.1, -0.05) is 0 Å². The predicted molar refractivity (Wildman–Crippen MR) is 113 cm³/mol. The van der Waals surface area contributed by atoms with E-state index >= 15 is 0 Å². The summed E-state index contributed by atoms with van der Waals surface area (Å²) in [5.41, 5.74) is 4.42. The molecule has 1 aromatic carbocycles. The topological polar surface area (TPSA) is 62.4 Å². The summed E-state index contributed by atoms with van der Waals surface area (Å²) < 4.78 is 16.2. The van der Waals surface area contributed by atoms with Crippen LogP contribution in [0.2, 0.25) is 0 Å². The average Bonchev–Trinajstić information content (AvgIpc) is 3.52. The number of fused-ring (bicyclic) bond motifs is 1. The van der Waals surface area contributed by atoms with E-state index < -0.39 is 0 Å². The maximum Gasteiger partial charge on any atom is 0.133 e. The first-order valence-electron chi connectivity index (χ1n) is 10.4. The quantitative estimate of drug-likeness (QED) is 0.524. The number of nitrogens with zero attached hydrogens (tertiary/aromatic N) is 7. The van der Waals surface area contributed by atoms with Crippen molar-refractivity contribution < 1.29 is 4.39 Å². The molecule has 0 atom stereocenters. The third-order valence-electron chi connectivity index (χ3n) is 6.19. The maximum absolute atomic E-state index is 14.5. The molecule has 3 aliphatic rings. The van der Waals surface area contributed by atoms with Gasteiger partial charge >= 0.3 is 0 Å². The summed E-state index contributed by atoms with van der Waals surface area (Å²) in [5, 5.41) is 4.15. The summed E-state index contributed by atoms with van der Waals surface area (Å²) in [6.45, 7) is 4.13. The van der Waals surface area contributed by atoms with E-state index in [2.05, 4.69) is 29.9 Å². The molecule has 0 spiro atoms. The Morgan fingerprint density at radius 2 is 1.83 bits per heavy atom. The van der Waals surface area contributed by atoms with Gasteiger partial charge in [0.15, 0.2) is 0 Å². The van der Waals surface area contributed by atoms with Crippen LogP contribution in [0.3, 0.4) is 0 Å². The summed E-state index contributed by atoms with van der Waals surface area (Å²) >= 11 is 0. The normalized spacial score (nSPS) is 18.7. The highest BCUT2D eigenvalue weighted by molar-refractivity contribution is 6.21. The van der Waals surface area contributed by atoms with Gasteiger partial charge in [0.1, 0.15) is 18.0 Å². The molecule has 7 nitrogen and oxygen atoms in total. The number of anilines is 1. The van der Waals surface area contributed by atoms with Crippen molar-refractivity contribution in [1.82, 2.24) is 24.6 Å². The summed E-state index contributed by atoms with van der Waals surface area (Å²) in [4.78, 5) is 18.4. The first-order valence-corrected chi connectivity index (χ1v) is 10.4. The van der Waals surface area contributed by atoms with E-state index in [4.69, 9.17) is 0 Å². The molecule has 0 unspecified atom stereocenters. The van der Waals surface area contributed by atoms with Crippen LogP contribution >= 0.6 is 0 Å². The van der Waals surface area contributed by atoms with Crippen LogP contribution in [0.15, 0.2) is 41.9 Å². The Balaban J connectivity index is 1.26. The van der Waals surface area contributed by atoms with Crippen molar-refractivity contribution in [3.8, 4) is 11.1 Å². The van der Waals surface area contributed by atoms with Crippen LogP contribution in [0, 0.1) is 5.82 Å². The minimum Gasteiger partial charge on any atom is -0.354 e. The van der Waals surface area contributed by atoms with E-state index in [0.717, 1.165) is 60.6 Å². The van der Waals surface area contributed by atoms with Gasteiger partial charge in [-0.25, -0.2) is 19.4 Å². The lowest BCUT2D eigenvalue weighted by atomic mass is 9.94. The minimum absolute atomic E-state index is 0.290. The molecule has 2 aromatic heterocycles. The zero-order chi connectivity index (χ0) is 20.2. The Morgan fingerprint density at radius 1 is 1.00 bits per heavy atom. The number of hydrogen-bond acceptors (Lipinski definition) is 6. The monoisotopic (exact) mass is 403 g/mol. The maximum atomic E-state index is 14.5. The molecule has 2 aliphatic heterocycles. The Bertz CT molecular complexity index is 1160. The molecule has 0 radical (unpaired) electrons. The first kappa shape index (κ1) is 17.7. The van der Waals surface area contributed by atoms with Gasteiger partial charge in [-0.3, -0.25) is 9.58 Å². The smallest absolute Gasteiger partial charge is 0.133 e. The fraction of sp³-hybridized carbons (Fsp3) is 0.364. The van der Waals surface area contributed by atoms with Gasteiger partial charge < -0.3 is 4.90 Å². The van der Waals surface area contributed by atoms with E-state index in [9.17, 15) is 4.39 Å². The Morgan fingerprint density at radius 3 is 2.57 bits per heavy atom. The lowest BCUT2D eigenvalue weighted by molar-refractivity contribution is 0.247. The minimum atomic E-state index is -0.290. The summed E-state index contributed by atoms with van der Waals surface area (Å²) in [6, 6.07) is 6.14. The Labute approximate surface area is 173 Å². The highest BCUT2D eigenvalue weighted by Crippen LogP contribution is 2.38. The van der Waals surface area contributed by atoms with Crippen molar-refractivity contribution in [2.45, 2.75) is 18.9 Å². The Hall–Kier alpha value is -3.13. The molecule has 4 heterocycles. The molecule has 8 heteroatoms. The molecule has 0 N–H and O–H groups in total. The molecule has 1 saturated heterocycles. The SMILES string of the molecule is Cn1cc(-c2cc3c(cc2F)N=C3c2cc(N3CCN(C4CC4)CC3)ncn2)cn1. The lowest BCUT2D eigenvalue weighted by Crippen LogP contribution is -2.47. The van der Waals surface area contributed by atoms with Crippen LogP contribution in [-0.2, 0) is 7.05 Å². The van der Waals surface area contributed by atoms with Crippen molar-refractivity contribution in [2.24, 2.45) is 12.0 Å². The number of benzene rings is 1. The highest BCUT2D eigenvalue weighted by atomic mass is 19.1. The number of hydrogen-bond donors (Lipinski definition) is 0. The van der Waals surface area contributed by atoms with Gasteiger partial charge in [0.05, 0.1) is 23.3 Å². The second kappa shape index (κ2) is 6.70. The molecule has 2 fully saturated rings. The molecule has 6 rings (SSSR count). The van der Waals surface area contributed by atoms with Crippen molar-refractivity contribution in [1.29, 1.82) is 0 Å². The van der Waals surface area contributed by atoms with Gasteiger partial charge in [0, 0.05) is 74.3 Å². The van der Waals surface area contributed by atoms with Crippen LogP contribution in [0.4, 0.5) is 15.9 Å². The van der Waals surface area contributed by atoms with Crippen molar-refractivity contribution in [3.05, 3.63) is 54.0 Å². The molecule has 1 aliphatic carbocycles. The molecular formula is C22H22FN7. The molecule has 152 valence electrons. The van der Waals surface area contributed by atoms with Crippen LogP contribution in [0.1, 0.15) is 24.1 Å². The van der Waals surface area contributed by atoms with E-state index in [1.807, 2.05) is 25.4 Å². The summed E-state index contributed by atoms with van der Waals surface area (Å²) in [6.07, 6.45) is 7.77. The van der Waals surface area contributed by atoms with Crippen LogP contribution < -0.4 is 4.90 Å². The first-order chi connectivity index (χ1) is 14.7. The zero-order valence-electron chi connectivity index (χ0n) is 16.8. The van der Waals surface area contributed by atoms with Gasteiger partial charge in [-0.15, -0.1) is 0 Å². The number of aryl methyl sites for hydroxylation is 1. The average molecular weight is 403 g/mol. The van der Waals surface area contributed by atoms with E-state index in [0.29, 0.717) is 11.3 Å². The molecule has 0 bridgehead atoms. The fourth-order valence-electron chi connectivity index (χ4n) is 4.35. The van der Waals surface area contributed by atoms with Gasteiger partial charge in [-0.2, -0.15) is 5.10 Å². The Kier molecular flexibility index (Phi) is 3.95. The molecular weight excluding hydrogens is 381 g/mol. The van der Waals surface area contributed by atoms with Crippen molar-refractivity contribution in [3.63, 3.8) is 0 Å². The zero-order valence-corrected chi connectivity index (χ0v) is 16.8. The van der Waals surface area contributed by atoms with Gasteiger partial charge in [-0.05, 0) is 18.9 Å². The molecule has 3 aromatic rings. The van der Waals surface area contributed by atoms with E-state index in [-0.39, 0.29) is 5.82 Å². The summed E-state index contributed by atoms with van der Waals surface area (Å²) in [5.74, 6) is 0.641. The fourth-order valence-corrected chi connectivity index (χ4v) is 4.35. The van der Waals surface area contributed by atoms with E-state index in [1.165, 1.54) is 18.9 Å². The molecule has 0 amide bonds. The molecule has 30 heavy (non-hydrogen) atoms. The lowest BCUT2D eigenvalue weighted by Gasteiger charge is -2.35. The largest absolute Gasteiger partial charge is 0.354 e. The number of halogens is 1. The summed E-state index contributed by atoms with van der Waals surface area (Å²) in [7, 11) is 1.82. The van der Waals surface area contributed by atoms with Crippen molar-refractivity contribution in [2.75, 3.05) is 31.1 Å². The predicted octanol–water partition coefficient (Wildman–Crippen LogP) is 2.78.